The molecule has 1 heterocycles. The number of ether oxygens (including phenoxy) is 3. The van der Waals surface area contributed by atoms with Crippen molar-refractivity contribution in [2.24, 2.45) is 0 Å². The second-order valence-electron chi connectivity index (χ2n) is 6.20. The molecule has 2 aromatic carbocycles. The van der Waals surface area contributed by atoms with Crippen molar-refractivity contribution in [1.29, 1.82) is 0 Å². The van der Waals surface area contributed by atoms with Gasteiger partial charge < -0.3 is 24.8 Å². The van der Waals surface area contributed by atoms with Crippen LogP contribution >= 0.6 is 0 Å². The maximum absolute atomic E-state index is 11.9. The molecule has 0 aliphatic heterocycles. The van der Waals surface area contributed by atoms with E-state index in [1.165, 1.54) is 27.7 Å². The molecule has 0 bridgehead atoms. The summed E-state index contributed by atoms with van der Waals surface area (Å²) in [5.74, 6) is 1.56. The minimum absolute atomic E-state index is 0.00401. The van der Waals surface area contributed by atoms with E-state index in [1.807, 2.05) is 19.1 Å². The van der Waals surface area contributed by atoms with Crippen molar-refractivity contribution in [3.05, 3.63) is 58.4 Å². The number of nitrogens with zero attached hydrogens (tertiary/aromatic N) is 3. The molecule has 0 atom stereocenters. The van der Waals surface area contributed by atoms with Crippen molar-refractivity contribution in [2.45, 2.75) is 6.92 Å². The first kappa shape index (κ1) is 20.6. The summed E-state index contributed by atoms with van der Waals surface area (Å²) >= 11 is 0. The molecule has 30 heavy (non-hydrogen) atoms. The van der Waals surface area contributed by atoms with E-state index in [2.05, 4.69) is 20.6 Å². The van der Waals surface area contributed by atoms with Gasteiger partial charge in [-0.05, 0) is 36.8 Å². The fourth-order valence-corrected chi connectivity index (χ4v) is 2.82. The van der Waals surface area contributed by atoms with Gasteiger partial charge in [-0.15, -0.1) is 0 Å². The Morgan fingerprint density at radius 1 is 0.867 bits per heavy atom. The predicted molar refractivity (Wildman–Crippen MR) is 113 cm³/mol. The van der Waals surface area contributed by atoms with Gasteiger partial charge in [-0.3, -0.25) is 10.1 Å². The van der Waals surface area contributed by atoms with E-state index in [9.17, 15) is 10.1 Å². The number of rotatable bonds is 8. The highest BCUT2D eigenvalue weighted by Crippen LogP contribution is 2.38. The molecular weight excluding hydrogens is 390 g/mol. The Hall–Kier alpha value is -4.08. The van der Waals surface area contributed by atoms with E-state index in [0.717, 1.165) is 5.56 Å². The minimum atomic E-state index is -0.556. The first-order chi connectivity index (χ1) is 14.5. The summed E-state index contributed by atoms with van der Waals surface area (Å²) in [7, 11) is 4.54. The highest BCUT2D eigenvalue weighted by Gasteiger charge is 2.25. The molecular formula is C20H21N5O5. The van der Waals surface area contributed by atoms with E-state index < -0.39 is 4.92 Å². The van der Waals surface area contributed by atoms with Crippen molar-refractivity contribution >= 4 is 28.7 Å². The second kappa shape index (κ2) is 8.95. The third kappa shape index (κ3) is 4.32. The zero-order valence-electron chi connectivity index (χ0n) is 16.9. The molecule has 0 aliphatic carbocycles. The number of nitrogens with one attached hydrogen (secondary N) is 2. The van der Waals surface area contributed by atoms with Crippen LogP contribution in [0.4, 0.5) is 28.7 Å². The normalized spacial score (nSPS) is 10.3. The topological polar surface area (TPSA) is 121 Å². The van der Waals surface area contributed by atoms with Gasteiger partial charge in [0.1, 0.15) is 23.6 Å². The molecule has 156 valence electrons. The average Bonchev–Trinajstić information content (AvgIpc) is 2.73. The molecule has 2 N–H and O–H groups in total. The van der Waals surface area contributed by atoms with Crippen LogP contribution < -0.4 is 24.8 Å². The summed E-state index contributed by atoms with van der Waals surface area (Å²) in [5.41, 5.74) is 1.63. The van der Waals surface area contributed by atoms with E-state index in [-0.39, 0.29) is 17.3 Å². The van der Waals surface area contributed by atoms with Gasteiger partial charge in [0.05, 0.1) is 37.6 Å². The minimum Gasteiger partial charge on any atom is -0.497 e. The summed E-state index contributed by atoms with van der Waals surface area (Å²) in [4.78, 5) is 19.4. The zero-order valence-corrected chi connectivity index (χ0v) is 16.9. The fraction of sp³-hybridized carbons (Fsp3) is 0.200. The van der Waals surface area contributed by atoms with Gasteiger partial charge in [0, 0.05) is 6.07 Å². The number of nitro groups is 1. The SMILES string of the molecule is COc1ccc(OC)c(Nc2ncnc(Nc3cc(C)ccc3OC)c2[N+](=O)[O-])c1. The Morgan fingerprint density at radius 3 is 1.97 bits per heavy atom. The molecule has 0 unspecified atom stereocenters. The molecule has 0 radical (unpaired) electrons. The summed E-state index contributed by atoms with van der Waals surface area (Å²) < 4.78 is 15.9. The number of methoxy groups -OCH3 is 3. The van der Waals surface area contributed by atoms with Gasteiger partial charge in [0.15, 0.2) is 0 Å². The Labute approximate surface area is 173 Å². The third-order valence-corrected chi connectivity index (χ3v) is 4.27. The Bertz CT molecular complexity index is 1070. The molecule has 0 spiro atoms. The smallest absolute Gasteiger partial charge is 0.353 e. The first-order valence-corrected chi connectivity index (χ1v) is 8.87. The summed E-state index contributed by atoms with van der Waals surface area (Å²) in [5, 5.41) is 17.8. The van der Waals surface area contributed by atoms with Crippen molar-refractivity contribution in [3.8, 4) is 17.2 Å². The number of hydrogen-bond acceptors (Lipinski definition) is 9. The number of anilines is 4. The van der Waals surface area contributed by atoms with Crippen LogP contribution in [-0.2, 0) is 0 Å². The van der Waals surface area contributed by atoms with Crippen molar-refractivity contribution in [3.63, 3.8) is 0 Å². The molecule has 0 amide bonds. The lowest BCUT2D eigenvalue weighted by molar-refractivity contribution is -0.383. The Morgan fingerprint density at radius 2 is 1.43 bits per heavy atom. The third-order valence-electron chi connectivity index (χ3n) is 4.27. The van der Waals surface area contributed by atoms with Crippen LogP contribution in [0, 0.1) is 17.0 Å². The van der Waals surface area contributed by atoms with E-state index in [1.54, 1.807) is 24.3 Å². The van der Waals surface area contributed by atoms with Crippen LogP contribution in [0.3, 0.4) is 0 Å². The predicted octanol–water partition coefficient (Wildman–Crippen LogP) is 4.21. The van der Waals surface area contributed by atoms with Gasteiger partial charge >= 0.3 is 5.69 Å². The van der Waals surface area contributed by atoms with E-state index >= 15 is 0 Å². The van der Waals surface area contributed by atoms with Crippen LogP contribution in [0.15, 0.2) is 42.7 Å². The number of hydrogen-bond donors (Lipinski definition) is 2. The van der Waals surface area contributed by atoms with Crippen LogP contribution in [-0.4, -0.2) is 36.2 Å². The van der Waals surface area contributed by atoms with Gasteiger partial charge in [-0.25, -0.2) is 9.97 Å². The molecule has 0 fully saturated rings. The first-order valence-electron chi connectivity index (χ1n) is 8.87. The standard InChI is InChI=1S/C20H21N5O5/c1-12-5-7-16(29-3)14(9-12)23-19-18(25(26)27)20(22-11-21-19)24-15-10-13(28-2)6-8-17(15)30-4/h5-11H,1-4H3,(H2,21,22,23,24). The quantitative estimate of drug-likeness (QED) is 0.415. The lowest BCUT2D eigenvalue weighted by atomic mass is 10.2. The summed E-state index contributed by atoms with van der Waals surface area (Å²) in [6.07, 6.45) is 1.23. The van der Waals surface area contributed by atoms with Crippen LogP contribution in [0.2, 0.25) is 0 Å². The average molecular weight is 411 g/mol. The molecule has 3 aromatic rings. The number of aromatic nitrogens is 2. The van der Waals surface area contributed by atoms with E-state index in [4.69, 9.17) is 14.2 Å². The van der Waals surface area contributed by atoms with E-state index in [0.29, 0.717) is 28.6 Å². The Kier molecular flexibility index (Phi) is 6.16. The summed E-state index contributed by atoms with van der Waals surface area (Å²) in [6.45, 7) is 1.90. The van der Waals surface area contributed by atoms with Crippen molar-refractivity contribution in [2.75, 3.05) is 32.0 Å². The molecule has 10 nitrogen and oxygen atoms in total. The number of benzene rings is 2. The fourth-order valence-electron chi connectivity index (χ4n) is 2.82. The van der Waals surface area contributed by atoms with Gasteiger partial charge in [-0.1, -0.05) is 6.07 Å². The Balaban J connectivity index is 2.05. The largest absolute Gasteiger partial charge is 0.497 e. The molecule has 0 aliphatic rings. The van der Waals surface area contributed by atoms with Crippen LogP contribution in [0.5, 0.6) is 17.2 Å². The highest BCUT2D eigenvalue weighted by atomic mass is 16.6. The summed E-state index contributed by atoms with van der Waals surface area (Å²) in [6, 6.07) is 10.5. The maximum atomic E-state index is 11.9. The molecule has 10 heteroatoms. The highest BCUT2D eigenvalue weighted by molar-refractivity contribution is 5.80. The lowest BCUT2D eigenvalue weighted by Crippen LogP contribution is -2.07. The second-order valence-corrected chi connectivity index (χ2v) is 6.20. The zero-order chi connectivity index (χ0) is 21.7. The van der Waals surface area contributed by atoms with Crippen LogP contribution in [0.1, 0.15) is 5.56 Å². The van der Waals surface area contributed by atoms with Gasteiger partial charge in [0.25, 0.3) is 0 Å². The van der Waals surface area contributed by atoms with Gasteiger partial charge in [-0.2, -0.15) is 0 Å². The van der Waals surface area contributed by atoms with Crippen LogP contribution in [0.25, 0.3) is 0 Å². The molecule has 1 aromatic heterocycles. The molecule has 0 saturated carbocycles. The van der Waals surface area contributed by atoms with Crippen molar-refractivity contribution in [1.82, 2.24) is 9.97 Å². The monoisotopic (exact) mass is 411 g/mol. The lowest BCUT2D eigenvalue weighted by Gasteiger charge is -2.14. The molecule has 0 saturated heterocycles. The molecule has 3 rings (SSSR count). The maximum Gasteiger partial charge on any atom is 0.353 e. The van der Waals surface area contributed by atoms with Crippen molar-refractivity contribution < 1.29 is 19.1 Å². The number of aryl methyl sites for hydroxylation is 1. The van der Waals surface area contributed by atoms with Gasteiger partial charge in [0.2, 0.25) is 11.6 Å².